The van der Waals surface area contributed by atoms with E-state index >= 15 is 0 Å². The van der Waals surface area contributed by atoms with E-state index in [4.69, 9.17) is 4.98 Å². The third kappa shape index (κ3) is 3.99. The minimum absolute atomic E-state index is 0.0524. The van der Waals surface area contributed by atoms with Crippen LogP contribution in [0.4, 0.5) is 5.95 Å². The smallest absolute Gasteiger partial charge is 0.264 e. The predicted molar refractivity (Wildman–Crippen MR) is 122 cm³/mol. The molecule has 1 atom stereocenters. The first kappa shape index (κ1) is 20.6. The van der Waals surface area contributed by atoms with E-state index in [1.54, 1.807) is 15.9 Å². The van der Waals surface area contributed by atoms with Crippen molar-refractivity contribution >= 4 is 33.4 Å². The van der Waals surface area contributed by atoms with Gasteiger partial charge >= 0.3 is 0 Å². The second kappa shape index (κ2) is 7.87. The number of benzene rings is 1. The first-order valence-electron chi connectivity index (χ1n) is 10.4. The van der Waals surface area contributed by atoms with Gasteiger partial charge in [-0.2, -0.15) is 0 Å². The quantitative estimate of drug-likeness (QED) is 0.618. The van der Waals surface area contributed by atoms with E-state index in [9.17, 15) is 9.59 Å². The van der Waals surface area contributed by atoms with Gasteiger partial charge in [-0.05, 0) is 41.7 Å². The van der Waals surface area contributed by atoms with Crippen LogP contribution in [0.2, 0.25) is 0 Å². The Kier molecular flexibility index (Phi) is 5.40. The molecule has 4 rings (SSSR count). The van der Waals surface area contributed by atoms with Crippen LogP contribution in [0.25, 0.3) is 10.2 Å². The number of aromatic nitrogens is 2. The minimum Gasteiger partial charge on any atom is -0.274 e. The number of thiophene rings is 1. The van der Waals surface area contributed by atoms with Gasteiger partial charge in [0.25, 0.3) is 5.56 Å². The lowest BCUT2D eigenvalue weighted by molar-refractivity contribution is -0.118. The summed E-state index contributed by atoms with van der Waals surface area (Å²) in [5.41, 5.74) is 7.76. The summed E-state index contributed by atoms with van der Waals surface area (Å²) in [5.74, 6) is 0.716. The number of anilines is 1. The van der Waals surface area contributed by atoms with Gasteiger partial charge in [-0.15, -0.1) is 11.3 Å². The van der Waals surface area contributed by atoms with Crippen molar-refractivity contribution in [3.05, 3.63) is 56.7 Å². The maximum Gasteiger partial charge on any atom is 0.264 e. The Bertz CT molecular complexity index is 1140. The highest BCUT2D eigenvalue weighted by atomic mass is 32.1. The Morgan fingerprint density at radius 1 is 1.27 bits per heavy atom. The van der Waals surface area contributed by atoms with E-state index in [0.717, 1.165) is 35.0 Å². The number of rotatable bonds is 4. The van der Waals surface area contributed by atoms with Crippen LogP contribution in [0.3, 0.4) is 0 Å². The monoisotopic (exact) mass is 424 g/mol. The fourth-order valence-corrected chi connectivity index (χ4v) is 5.44. The van der Waals surface area contributed by atoms with Gasteiger partial charge in [-0.25, -0.2) is 4.98 Å². The Labute approximate surface area is 180 Å². The summed E-state index contributed by atoms with van der Waals surface area (Å²) < 4.78 is 1.62. The molecule has 1 aliphatic rings. The molecule has 0 bridgehead atoms. The molecule has 0 spiro atoms. The lowest BCUT2D eigenvalue weighted by Crippen LogP contribution is -2.33. The van der Waals surface area contributed by atoms with Crippen LogP contribution < -0.4 is 16.4 Å². The van der Waals surface area contributed by atoms with Crippen LogP contribution in [-0.4, -0.2) is 15.5 Å². The zero-order valence-corrected chi connectivity index (χ0v) is 18.7. The third-order valence-corrected chi connectivity index (χ3v) is 7.08. The lowest BCUT2D eigenvalue weighted by Gasteiger charge is -2.33. The van der Waals surface area contributed by atoms with Gasteiger partial charge < -0.3 is 0 Å². The molecule has 158 valence electrons. The summed E-state index contributed by atoms with van der Waals surface area (Å²) in [7, 11) is 0. The van der Waals surface area contributed by atoms with E-state index in [1.807, 2.05) is 30.3 Å². The number of nitrogens with one attached hydrogen (secondary N) is 2. The highest BCUT2D eigenvalue weighted by Gasteiger charge is 2.32. The topological polar surface area (TPSA) is 76.0 Å². The molecular formula is C23H28N4O2S. The van der Waals surface area contributed by atoms with Crippen molar-refractivity contribution < 1.29 is 4.79 Å². The molecule has 30 heavy (non-hydrogen) atoms. The van der Waals surface area contributed by atoms with Crippen LogP contribution >= 0.6 is 11.3 Å². The number of hydrogen-bond donors (Lipinski definition) is 2. The molecule has 0 saturated heterocycles. The van der Waals surface area contributed by atoms with Crippen LogP contribution in [-0.2, 0) is 24.2 Å². The molecular weight excluding hydrogens is 396 g/mol. The molecule has 0 radical (unpaired) electrons. The van der Waals surface area contributed by atoms with Gasteiger partial charge in [0, 0.05) is 11.8 Å². The van der Waals surface area contributed by atoms with Gasteiger partial charge in [0.2, 0.25) is 11.9 Å². The van der Waals surface area contributed by atoms with Gasteiger partial charge in [0.05, 0.1) is 11.9 Å². The fourth-order valence-electron chi connectivity index (χ4n) is 4.15. The summed E-state index contributed by atoms with van der Waals surface area (Å²) in [6.45, 7) is 8.67. The SMILES string of the molecule is CC(=O)NNc1nc2sc3c(c2c(=O)n1Cc1ccccc1)CC[C@H](C(C)(C)C)C3. The molecule has 0 saturated carbocycles. The summed E-state index contributed by atoms with van der Waals surface area (Å²) in [6.07, 6.45) is 3.00. The van der Waals surface area contributed by atoms with E-state index < -0.39 is 0 Å². The van der Waals surface area contributed by atoms with Gasteiger partial charge in [-0.3, -0.25) is 25.0 Å². The van der Waals surface area contributed by atoms with Crippen molar-refractivity contribution in [3.8, 4) is 0 Å². The second-order valence-electron chi connectivity index (χ2n) is 9.11. The molecule has 0 aliphatic heterocycles. The second-order valence-corrected chi connectivity index (χ2v) is 10.2. The molecule has 2 N–H and O–H groups in total. The zero-order chi connectivity index (χ0) is 21.5. The van der Waals surface area contributed by atoms with E-state index in [2.05, 4.69) is 31.6 Å². The summed E-state index contributed by atoms with van der Waals surface area (Å²) in [6, 6.07) is 9.81. The van der Waals surface area contributed by atoms with Crippen molar-refractivity contribution in [2.75, 3.05) is 5.43 Å². The number of carbonyl (C=O) groups excluding carboxylic acids is 1. The molecule has 0 unspecified atom stereocenters. The van der Waals surface area contributed by atoms with E-state index in [0.29, 0.717) is 18.4 Å². The number of hydrogen-bond acceptors (Lipinski definition) is 5. The molecule has 1 aliphatic carbocycles. The molecule has 1 aromatic carbocycles. The molecule has 2 heterocycles. The average molecular weight is 425 g/mol. The molecule has 0 fully saturated rings. The normalized spacial score (nSPS) is 16.3. The molecule has 1 amide bonds. The van der Waals surface area contributed by atoms with Gasteiger partial charge in [-0.1, -0.05) is 51.1 Å². The van der Waals surface area contributed by atoms with Crippen LogP contribution in [0.5, 0.6) is 0 Å². The standard InChI is InChI=1S/C23H28N4O2S/c1-14(28)25-26-22-24-20-19(21(29)27(22)13-15-8-6-5-7-9-15)17-11-10-16(23(2,3)4)12-18(17)30-20/h5-9,16H,10-13H2,1-4H3,(H,24,26)(H,25,28)/t16-/m0/s1. The fraction of sp³-hybridized carbons (Fsp3) is 0.435. The van der Waals surface area contributed by atoms with Crippen molar-refractivity contribution in [1.82, 2.24) is 15.0 Å². The predicted octanol–water partition coefficient (Wildman–Crippen LogP) is 4.12. The number of aryl methyl sites for hydroxylation is 1. The highest BCUT2D eigenvalue weighted by Crippen LogP contribution is 2.42. The Hall–Kier alpha value is -2.67. The molecule has 6 nitrogen and oxygen atoms in total. The average Bonchev–Trinajstić information content (AvgIpc) is 3.06. The summed E-state index contributed by atoms with van der Waals surface area (Å²) in [5, 5.41) is 0.742. The number of carbonyl (C=O) groups is 1. The largest absolute Gasteiger partial charge is 0.274 e. The Balaban J connectivity index is 1.82. The van der Waals surface area contributed by atoms with E-state index in [1.165, 1.54) is 17.4 Å². The first-order chi connectivity index (χ1) is 14.2. The summed E-state index contributed by atoms with van der Waals surface area (Å²) in [4.78, 5) is 31.8. The Morgan fingerprint density at radius 3 is 2.67 bits per heavy atom. The van der Waals surface area contributed by atoms with Gasteiger partial charge in [0.15, 0.2) is 0 Å². The molecule has 2 aromatic heterocycles. The van der Waals surface area contributed by atoms with Crippen molar-refractivity contribution in [2.24, 2.45) is 11.3 Å². The zero-order valence-electron chi connectivity index (χ0n) is 17.9. The molecule has 7 heteroatoms. The third-order valence-electron chi connectivity index (χ3n) is 5.93. The van der Waals surface area contributed by atoms with Crippen LogP contribution in [0, 0.1) is 11.3 Å². The first-order valence-corrected chi connectivity index (χ1v) is 11.2. The maximum absolute atomic E-state index is 13.6. The highest BCUT2D eigenvalue weighted by molar-refractivity contribution is 7.18. The summed E-state index contributed by atoms with van der Waals surface area (Å²) >= 11 is 1.62. The van der Waals surface area contributed by atoms with Crippen molar-refractivity contribution in [1.29, 1.82) is 0 Å². The van der Waals surface area contributed by atoms with Gasteiger partial charge in [0.1, 0.15) is 4.83 Å². The van der Waals surface area contributed by atoms with Crippen LogP contribution in [0.1, 0.15) is 50.1 Å². The lowest BCUT2D eigenvalue weighted by atomic mass is 9.72. The maximum atomic E-state index is 13.6. The van der Waals surface area contributed by atoms with E-state index in [-0.39, 0.29) is 16.9 Å². The van der Waals surface area contributed by atoms with Crippen molar-refractivity contribution in [3.63, 3.8) is 0 Å². The van der Waals surface area contributed by atoms with Crippen LogP contribution in [0.15, 0.2) is 35.1 Å². The number of fused-ring (bicyclic) bond motifs is 3. The number of nitrogens with zero attached hydrogens (tertiary/aromatic N) is 2. The minimum atomic E-state index is -0.242. The molecule has 3 aromatic rings. The Morgan fingerprint density at radius 2 is 2.00 bits per heavy atom. The number of amides is 1. The van der Waals surface area contributed by atoms with Crippen molar-refractivity contribution in [2.45, 2.75) is 53.5 Å². The number of hydrazine groups is 1.